The zero-order valence-electron chi connectivity index (χ0n) is 5.92. The molecule has 1 fully saturated rings. The van der Waals surface area contributed by atoms with E-state index in [0.29, 0.717) is 18.5 Å². The molecule has 56 valence electrons. The van der Waals surface area contributed by atoms with E-state index >= 15 is 0 Å². The number of ether oxygens (including phenoxy) is 1. The van der Waals surface area contributed by atoms with Crippen LogP contribution in [0.3, 0.4) is 0 Å². The maximum Gasteiger partial charge on any atom is 0.120 e. The van der Waals surface area contributed by atoms with Gasteiger partial charge in [0.15, 0.2) is 0 Å². The van der Waals surface area contributed by atoms with Crippen LogP contribution in [0.5, 0.6) is 0 Å². The summed E-state index contributed by atoms with van der Waals surface area (Å²) in [6.45, 7) is 1.31. The van der Waals surface area contributed by atoms with Crippen LogP contribution in [0, 0.1) is 5.92 Å². The molecule has 1 aliphatic carbocycles. The smallest absolute Gasteiger partial charge is 0.120 e. The van der Waals surface area contributed by atoms with Crippen molar-refractivity contribution in [2.75, 3.05) is 13.2 Å². The van der Waals surface area contributed by atoms with Crippen molar-refractivity contribution in [3.8, 4) is 0 Å². The largest absolute Gasteiger partial charge is 0.386 e. The van der Waals surface area contributed by atoms with Crippen LogP contribution >= 0.6 is 0 Å². The third-order valence-electron chi connectivity index (χ3n) is 2.04. The number of amidine groups is 1. The van der Waals surface area contributed by atoms with Crippen LogP contribution < -0.4 is 5.73 Å². The zero-order chi connectivity index (χ0) is 6.97. The molecule has 1 saturated carbocycles. The molecule has 0 saturated heterocycles. The first-order chi connectivity index (χ1) is 4.86. The molecule has 3 heteroatoms. The summed E-state index contributed by atoms with van der Waals surface area (Å²) >= 11 is 0. The van der Waals surface area contributed by atoms with E-state index in [1.807, 2.05) is 0 Å². The maximum atomic E-state index is 5.52. The molecule has 0 radical (unpaired) electrons. The Morgan fingerprint density at radius 1 is 1.50 bits per heavy atom. The lowest BCUT2D eigenvalue weighted by Crippen LogP contribution is -2.32. The second-order valence-electron chi connectivity index (χ2n) is 3.04. The van der Waals surface area contributed by atoms with Crippen molar-refractivity contribution < 1.29 is 4.74 Å². The molecule has 10 heavy (non-hydrogen) atoms. The summed E-state index contributed by atoms with van der Waals surface area (Å²) in [4.78, 5) is 4.31. The second kappa shape index (κ2) is 2.23. The number of aliphatic imine (C=N–C) groups is 1. The molecule has 2 rings (SSSR count). The molecule has 1 aliphatic heterocycles. The number of rotatable bonds is 1. The highest BCUT2D eigenvalue weighted by molar-refractivity contribution is 5.82. The van der Waals surface area contributed by atoms with Crippen molar-refractivity contribution in [3.05, 3.63) is 0 Å². The minimum atomic E-state index is 0.383. The van der Waals surface area contributed by atoms with Gasteiger partial charge in [-0.15, -0.1) is 0 Å². The summed E-state index contributed by atoms with van der Waals surface area (Å²) in [6.07, 6.45) is 2.62. The van der Waals surface area contributed by atoms with Gasteiger partial charge in [0.05, 0.1) is 12.6 Å². The molecule has 0 amide bonds. The van der Waals surface area contributed by atoms with E-state index in [9.17, 15) is 0 Å². The molecule has 0 aromatic rings. The van der Waals surface area contributed by atoms with Gasteiger partial charge in [0.25, 0.3) is 0 Å². The summed E-state index contributed by atoms with van der Waals surface area (Å²) in [5, 5.41) is 0. The van der Waals surface area contributed by atoms with Gasteiger partial charge < -0.3 is 10.5 Å². The van der Waals surface area contributed by atoms with Gasteiger partial charge >= 0.3 is 0 Å². The standard InChI is InChI=1S/C7H12N2O/c8-7-4-10-3-6(9-7)5-1-2-5/h5-6H,1-4H2,(H2,8,9). The summed E-state index contributed by atoms with van der Waals surface area (Å²) in [5.74, 6) is 1.45. The Labute approximate surface area is 60.3 Å². The first-order valence-corrected chi connectivity index (χ1v) is 3.76. The lowest BCUT2D eigenvalue weighted by Gasteiger charge is -2.17. The molecule has 3 nitrogen and oxygen atoms in total. The molecule has 1 unspecified atom stereocenters. The minimum Gasteiger partial charge on any atom is -0.386 e. The molecule has 1 heterocycles. The predicted molar refractivity (Wildman–Crippen MR) is 39.0 cm³/mol. The maximum absolute atomic E-state index is 5.52. The first kappa shape index (κ1) is 6.16. The van der Waals surface area contributed by atoms with Crippen molar-refractivity contribution in [2.45, 2.75) is 18.9 Å². The molecule has 0 spiro atoms. The molecule has 0 aromatic heterocycles. The SMILES string of the molecule is NC1=NC(C2CC2)COC1. The van der Waals surface area contributed by atoms with Gasteiger partial charge in [-0.1, -0.05) is 0 Å². The summed E-state index contributed by atoms with van der Waals surface area (Å²) in [7, 11) is 0. The molecular weight excluding hydrogens is 128 g/mol. The monoisotopic (exact) mass is 140 g/mol. The van der Waals surface area contributed by atoms with Crippen LogP contribution in [0.2, 0.25) is 0 Å². The summed E-state index contributed by atoms with van der Waals surface area (Å²) < 4.78 is 5.24. The van der Waals surface area contributed by atoms with Gasteiger partial charge in [0.1, 0.15) is 12.4 Å². The van der Waals surface area contributed by atoms with Crippen molar-refractivity contribution in [3.63, 3.8) is 0 Å². The Balaban J connectivity index is 2.00. The molecule has 0 bridgehead atoms. The van der Waals surface area contributed by atoms with E-state index in [2.05, 4.69) is 4.99 Å². The Bertz CT molecular complexity index is 163. The van der Waals surface area contributed by atoms with Gasteiger partial charge in [0, 0.05) is 0 Å². The molecule has 0 aromatic carbocycles. The van der Waals surface area contributed by atoms with E-state index in [1.54, 1.807) is 0 Å². The first-order valence-electron chi connectivity index (χ1n) is 3.76. The van der Waals surface area contributed by atoms with Gasteiger partial charge in [-0.2, -0.15) is 0 Å². The third-order valence-corrected chi connectivity index (χ3v) is 2.04. The van der Waals surface area contributed by atoms with E-state index in [4.69, 9.17) is 10.5 Å². The number of hydrogen-bond donors (Lipinski definition) is 1. The Hall–Kier alpha value is -0.570. The van der Waals surface area contributed by atoms with Crippen LogP contribution in [0.1, 0.15) is 12.8 Å². The lowest BCUT2D eigenvalue weighted by atomic mass is 10.2. The topological polar surface area (TPSA) is 47.6 Å². The average molecular weight is 140 g/mol. The average Bonchev–Trinajstić information content (AvgIpc) is 2.68. The quantitative estimate of drug-likeness (QED) is 0.563. The fourth-order valence-electron chi connectivity index (χ4n) is 1.29. The summed E-state index contributed by atoms with van der Waals surface area (Å²) in [6, 6.07) is 0.383. The van der Waals surface area contributed by atoms with Crippen LogP contribution in [-0.2, 0) is 4.74 Å². The minimum absolute atomic E-state index is 0.383. The highest BCUT2D eigenvalue weighted by atomic mass is 16.5. The fraction of sp³-hybridized carbons (Fsp3) is 0.857. The van der Waals surface area contributed by atoms with Gasteiger partial charge in [-0.3, -0.25) is 4.99 Å². The van der Waals surface area contributed by atoms with Crippen LogP contribution in [0.15, 0.2) is 4.99 Å². The van der Waals surface area contributed by atoms with Gasteiger partial charge in [-0.25, -0.2) is 0 Å². The summed E-state index contributed by atoms with van der Waals surface area (Å²) in [5.41, 5.74) is 5.52. The lowest BCUT2D eigenvalue weighted by molar-refractivity contribution is 0.137. The molecular formula is C7H12N2O. The number of nitrogens with zero attached hydrogens (tertiary/aromatic N) is 1. The van der Waals surface area contributed by atoms with Crippen LogP contribution in [0.4, 0.5) is 0 Å². The Kier molecular flexibility index (Phi) is 1.38. The van der Waals surface area contributed by atoms with E-state index in [-0.39, 0.29) is 0 Å². The number of nitrogens with two attached hydrogens (primary N) is 1. The van der Waals surface area contributed by atoms with E-state index in [0.717, 1.165) is 12.5 Å². The van der Waals surface area contributed by atoms with E-state index < -0.39 is 0 Å². The van der Waals surface area contributed by atoms with E-state index in [1.165, 1.54) is 12.8 Å². The highest BCUT2D eigenvalue weighted by Crippen LogP contribution is 2.35. The van der Waals surface area contributed by atoms with Gasteiger partial charge in [-0.05, 0) is 18.8 Å². The number of hydrogen-bond acceptors (Lipinski definition) is 3. The van der Waals surface area contributed by atoms with Gasteiger partial charge in [0.2, 0.25) is 0 Å². The zero-order valence-corrected chi connectivity index (χ0v) is 5.92. The molecule has 1 atom stereocenters. The van der Waals surface area contributed by atoms with Crippen LogP contribution in [0.25, 0.3) is 0 Å². The van der Waals surface area contributed by atoms with Crippen molar-refractivity contribution in [1.82, 2.24) is 0 Å². The second-order valence-corrected chi connectivity index (χ2v) is 3.04. The highest BCUT2D eigenvalue weighted by Gasteiger charge is 2.32. The molecule has 2 N–H and O–H groups in total. The van der Waals surface area contributed by atoms with Crippen LogP contribution in [-0.4, -0.2) is 25.1 Å². The fourth-order valence-corrected chi connectivity index (χ4v) is 1.29. The Morgan fingerprint density at radius 2 is 2.30 bits per heavy atom. The van der Waals surface area contributed by atoms with Crippen molar-refractivity contribution >= 4 is 5.84 Å². The van der Waals surface area contributed by atoms with Crippen molar-refractivity contribution in [1.29, 1.82) is 0 Å². The normalized spacial score (nSPS) is 33.6. The Morgan fingerprint density at radius 3 is 2.90 bits per heavy atom. The predicted octanol–water partition coefficient (Wildman–Crippen LogP) is 0.152. The third kappa shape index (κ3) is 1.14. The molecule has 2 aliphatic rings. The van der Waals surface area contributed by atoms with Crippen molar-refractivity contribution in [2.24, 2.45) is 16.6 Å².